The summed E-state index contributed by atoms with van der Waals surface area (Å²) in [6.45, 7) is 5.91. The van der Waals surface area contributed by atoms with Gasteiger partial charge in [0.15, 0.2) is 11.5 Å². The molecule has 0 saturated heterocycles. The van der Waals surface area contributed by atoms with E-state index in [-0.39, 0.29) is 17.2 Å². The Hall–Kier alpha value is -2.16. The molecule has 0 radical (unpaired) electrons. The van der Waals surface area contributed by atoms with Crippen molar-refractivity contribution in [2.75, 3.05) is 0 Å². The van der Waals surface area contributed by atoms with E-state index in [1.165, 1.54) is 6.07 Å². The predicted octanol–water partition coefficient (Wildman–Crippen LogP) is 3.40. The number of hydrogen-bond acceptors (Lipinski definition) is 3. The normalized spacial score (nSPS) is 10.6. The van der Waals surface area contributed by atoms with Gasteiger partial charge in [0.25, 0.3) is 0 Å². The van der Waals surface area contributed by atoms with E-state index in [9.17, 15) is 15.3 Å². The lowest BCUT2D eigenvalue weighted by atomic mass is 9.94. The van der Waals surface area contributed by atoms with Crippen molar-refractivity contribution in [1.29, 1.82) is 0 Å². The Kier molecular flexibility index (Phi) is 2.91. The zero-order valence-corrected chi connectivity index (χ0v) is 10.7. The van der Waals surface area contributed by atoms with Crippen molar-refractivity contribution in [2.24, 2.45) is 0 Å². The Bertz CT molecular complexity index is 560. The molecular weight excluding hydrogens is 228 g/mol. The molecule has 3 heteroatoms. The van der Waals surface area contributed by atoms with Crippen molar-refractivity contribution in [3.8, 4) is 28.4 Å². The molecule has 3 N–H and O–H groups in total. The van der Waals surface area contributed by atoms with Crippen molar-refractivity contribution >= 4 is 0 Å². The maximum Gasteiger partial charge on any atom is 0.165 e. The molecule has 0 unspecified atom stereocenters. The van der Waals surface area contributed by atoms with Crippen LogP contribution in [0.5, 0.6) is 17.2 Å². The standard InChI is InChI=1S/C15H16O3/c1-8-4-9(2)10(3)12(5-8)13-6-11(16)7-14(17)15(13)18/h4-7,16-18H,1-3H3. The molecule has 0 amide bonds. The second-order valence-electron chi connectivity index (χ2n) is 4.62. The van der Waals surface area contributed by atoms with E-state index in [2.05, 4.69) is 6.07 Å². The minimum Gasteiger partial charge on any atom is -0.508 e. The van der Waals surface area contributed by atoms with Gasteiger partial charge < -0.3 is 15.3 Å². The van der Waals surface area contributed by atoms with Crippen LogP contribution in [0.1, 0.15) is 16.7 Å². The highest BCUT2D eigenvalue weighted by molar-refractivity contribution is 5.78. The summed E-state index contributed by atoms with van der Waals surface area (Å²) in [6.07, 6.45) is 0. The van der Waals surface area contributed by atoms with Gasteiger partial charge in [0.2, 0.25) is 0 Å². The zero-order chi connectivity index (χ0) is 13.4. The van der Waals surface area contributed by atoms with Crippen LogP contribution in [0.25, 0.3) is 11.1 Å². The second kappa shape index (κ2) is 4.26. The first kappa shape index (κ1) is 12.3. The van der Waals surface area contributed by atoms with Gasteiger partial charge in [0, 0.05) is 11.6 Å². The summed E-state index contributed by atoms with van der Waals surface area (Å²) < 4.78 is 0. The molecule has 0 spiro atoms. The molecule has 94 valence electrons. The molecule has 2 rings (SSSR count). The first-order valence-electron chi connectivity index (χ1n) is 5.73. The Balaban J connectivity index is 2.77. The zero-order valence-electron chi connectivity index (χ0n) is 10.7. The van der Waals surface area contributed by atoms with Crippen LogP contribution in [0, 0.1) is 20.8 Å². The van der Waals surface area contributed by atoms with Crippen molar-refractivity contribution in [2.45, 2.75) is 20.8 Å². The molecule has 3 nitrogen and oxygen atoms in total. The SMILES string of the molecule is Cc1cc(C)c(C)c(-c2cc(O)cc(O)c2O)c1. The summed E-state index contributed by atoms with van der Waals surface area (Å²) in [4.78, 5) is 0. The summed E-state index contributed by atoms with van der Waals surface area (Å²) in [7, 11) is 0. The van der Waals surface area contributed by atoms with E-state index in [4.69, 9.17) is 0 Å². The van der Waals surface area contributed by atoms with Crippen LogP contribution >= 0.6 is 0 Å². The highest BCUT2D eigenvalue weighted by Crippen LogP contribution is 2.41. The summed E-state index contributed by atoms with van der Waals surface area (Å²) >= 11 is 0. The Morgan fingerprint density at radius 2 is 1.44 bits per heavy atom. The summed E-state index contributed by atoms with van der Waals surface area (Å²) in [5.74, 6) is -0.594. The molecule has 0 saturated carbocycles. The van der Waals surface area contributed by atoms with Crippen LogP contribution in [-0.2, 0) is 0 Å². The highest BCUT2D eigenvalue weighted by Gasteiger charge is 2.14. The summed E-state index contributed by atoms with van der Waals surface area (Å²) in [5, 5.41) is 29.0. The fourth-order valence-corrected chi connectivity index (χ4v) is 2.13. The van der Waals surface area contributed by atoms with E-state index < -0.39 is 0 Å². The van der Waals surface area contributed by atoms with Gasteiger partial charge in [-0.1, -0.05) is 17.7 Å². The van der Waals surface area contributed by atoms with E-state index >= 15 is 0 Å². The molecular formula is C15H16O3. The fourth-order valence-electron chi connectivity index (χ4n) is 2.13. The molecule has 0 heterocycles. The second-order valence-corrected chi connectivity index (χ2v) is 4.62. The fraction of sp³-hybridized carbons (Fsp3) is 0.200. The number of hydrogen-bond donors (Lipinski definition) is 3. The quantitative estimate of drug-likeness (QED) is 0.532. The molecule has 0 fully saturated rings. The number of rotatable bonds is 1. The van der Waals surface area contributed by atoms with Crippen molar-refractivity contribution in [1.82, 2.24) is 0 Å². The largest absolute Gasteiger partial charge is 0.508 e. The Morgan fingerprint density at radius 1 is 0.778 bits per heavy atom. The average Bonchev–Trinajstić information content (AvgIpc) is 2.28. The van der Waals surface area contributed by atoms with Gasteiger partial charge in [-0.05, 0) is 43.5 Å². The molecule has 0 aromatic heterocycles. The minimum absolute atomic E-state index is 0.0705. The van der Waals surface area contributed by atoms with Crippen LogP contribution in [0.3, 0.4) is 0 Å². The number of phenolic OH excluding ortho intramolecular Hbond substituents is 3. The molecule has 0 aliphatic rings. The lowest BCUT2D eigenvalue weighted by Crippen LogP contribution is -1.90. The van der Waals surface area contributed by atoms with Crippen LogP contribution in [-0.4, -0.2) is 15.3 Å². The topological polar surface area (TPSA) is 60.7 Å². The third kappa shape index (κ3) is 1.99. The van der Waals surface area contributed by atoms with E-state index in [0.29, 0.717) is 5.56 Å². The first-order valence-corrected chi connectivity index (χ1v) is 5.73. The van der Waals surface area contributed by atoms with E-state index in [1.54, 1.807) is 0 Å². The van der Waals surface area contributed by atoms with E-state index in [0.717, 1.165) is 28.3 Å². The summed E-state index contributed by atoms with van der Waals surface area (Å²) in [5.41, 5.74) is 4.44. The third-order valence-electron chi connectivity index (χ3n) is 3.18. The van der Waals surface area contributed by atoms with Gasteiger partial charge in [-0.2, -0.15) is 0 Å². The molecule has 0 atom stereocenters. The lowest BCUT2D eigenvalue weighted by Gasteiger charge is -2.13. The maximum absolute atomic E-state index is 9.92. The number of aryl methyl sites for hydroxylation is 2. The molecule has 18 heavy (non-hydrogen) atoms. The van der Waals surface area contributed by atoms with Crippen LogP contribution in [0.2, 0.25) is 0 Å². The van der Waals surface area contributed by atoms with Crippen LogP contribution in [0.15, 0.2) is 24.3 Å². The third-order valence-corrected chi connectivity index (χ3v) is 3.18. The van der Waals surface area contributed by atoms with Gasteiger partial charge in [-0.15, -0.1) is 0 Å². The van der Waals surface area contributed by atoms with Gasteiger partial charge in [-0.25, -0.2) is 0 Å². The van der Waals surface area contributed by atoms with E-state index in [1.807, 2.05) is 26.8 Å². The number of phenols is 3. The molecule has 0 aliphatic carbocycles. The smallest absolute Gasteiger partial charge is 0.165 e. The van der Waals surface area contributed by atoms with Gasteiger partial charge in [0.05, 0.1) is 0 Å². The Morgan fingerprint density at radius 3 is 2.11 bits per heavy atom. The average molecular weight is 244 g/mol. The first-order chi connectivity index (χ1) is 8.40. The summed E-state index contributed by atoms with van der Waals surface area (Å²) in [6, 6.07) is 6.56. The highest BCUT2D eigenvalue weighted by atomic mass is 16.3. The van der Waals surface area contributed by atoms with Crippen molar-refractivity contribution in [3.63, 3.8) is 0 Å². The Labute approximate surface area is 106 Å². The van der Waals surface area contributed by atoms with Crippen molar-refractivity contribution in [3.05, 3.63) is 41.0 Å². The van der Waals surface area contributed by atoms with Gasteiger partial charge in [0.1, 0.15) is 5.75 Å². The van der Waals surface area contributed by atoms with Gasteiger partial charge >= 0.3 is 0 Å². The minimum atomic E-state index is -0.316. The number of benzene rings is 2. The van der Waals surface area contributed by atoms with Crippen LogP contribution in [0.4, 0.5) is 0 Å². The maximum atomic E-state index is 9.92. The molecule has 2 aromatic rings. The molecule has 0 aliphatic heterocycles. The van der Waals surface area contributed by atoms with Gasteiger partial charge in [-0.3, -0.25) is 0 Å². The predicted molar refractivity (Wildman–Crippen MR) is 71.1 cm³/mol. The molecule has 2 aromatic carbocycles. The number of aromatic hydroxyl groups is 3. The lowest BCUT2D eigenvalue weighted by molar-refractivity contribution is 0.398. The molecule has 0 bridgehead atoms. The van der Waals surface area contributed by atoms with Crippen LogP contribution < -0.4 is 0 Å². The monoisotopic (exact) mass is 244 g/mol. The van der Waals surface area contributed by atoms with Crippen molar-refractivity contribution < 1.29 is 15.3 Å².